The van der Waals surface area contributed by atoms with Crippen molar-refractivity contribution in [2.45, 2.75) is 26.3 Å². The van der Waals surface area contributed by atoms with Crippen LogP contribution in [-0.4, -0.2) is 23.0 Å². The monoisotopic (exact) mass is 214 g/mol. The lowest BCUT2D eigenvalue weighted by atomic mass is 9.99. The summed E-state index contributed by atoms with van der Waals surface area (Å²) in [6, 6.07) is 0. The second-order valence-corrected chi connectivity index (χ2v) is 4.58. The second kappa shape index (κ2) is 3.95. The second-order valence-electron chi connectivity index (χ2n) is 4.58. The van der Waals surface area contributed by atoms with Crippen LogP contribution in [0.15, 0.2) is 18.2 Å². The van der Waals surface area contributed by atoms with Crippen molar-refractivity contribution < 1.29 is 0 Å². The predicted octanol–water partition coefficient (Wildman–Crippen LogP) is 2.52. The molecule has 0 saturated heterocycles. The minimum Gasteiger partial charge on any atom is -0.357 e. The summed E-state index contributed by atoms with van der Waals surface area (Å²) in [5.41, 5.74) is 5.87. The summed E-state index contributed by atoms with van der Waals surface area (Å²) in [6.07, 6.45) is 11.0. The molecule has 0 amide bonds. The van der Waals surface area contributed by atoms with Crippen molar-refractivity contribution in [3.05, 3.63) is 40.7 Å². The van der Waals surface area contributed by atoms with Gasteiger partial charge in [-0.25, -0.2) is 0 Å². The van der Waals surface area contributed by atoms with E-state index in [1.165, 1.54) is 29.9 Å². The van der Waals surface area contributed by atoms with Crippen LogP contribution in [0, 0.1) is 0 Å². The lowest BCUT2D eigenvalue weighted by Gasteiger charge is -2.25. The Morgan fingerprint density at radius 2 is 2.25 bits per heavy atom. The number of nitrogens with zero attached hydrogens (tertiary/aromatic N) is 1. The van der Waals surface area contributed by atoms with Crippen LogP contribution >= 0.6 is 0 Å². The van der Waals surface area contributed by atoms with Crippen LogP contribution in [0.4, 0.5) is 0 Å². The fraction of sp³-hybridized carbons (Fsp3) is 0.429. The third-order valence-corrected chi connectivity index (χ3v) is 3.68. The number of H-pyrrole nitrogens is 1. The van der Waals surface area contributed by atoms with E-state index in [2.05, 4.69) is 41.1 Å². The lowest BCUT2D eigenvalue weighted by molar-refractivity contribution is 0.265. The average Bonchev–Trinajstić information content (AvgIpc) is 2.50. The fourth-order valence-electron chi connectivity index (χ4n) is 2.73. The van der Waals surface area contributed by atoms with E-state index in [1.54, 1.807) is 5.56 Å². The van der Waals surface area contributed by atoms with Gasteiger partial charge in [-0.15, -0.1) is 0 Å². The van der Waals surface area contributed by atoms with Crippen molar-refractivity contribution in [1.82, 2.24) is 9.88 Å². The molecule has 1 aliphatic carbocycles. The predicted molar refractivity (Wildman–Crippen MR) is 67.3 cm³/mol. The van der Waals surface area contributed by atoms with E-state index < -0.39 is 0 Å². The van der Waals surface area contributed by atoms with Crippen molar-refractivity contribution >= 4 is 6.08 Å². The number of fused-ring (bicyclic) bond motifs is 3. The standard InChI is InChI=1S/C14H18N2/c1-2-16-9-8-12-11-6-4-3-5-7-13(11)15-14(12)10-16/h3-5,7,15H,2,6,8-10H2,1H3. The summed E-state index contributed by atoms with van der Waals surface area (Å²) < 4.78 is 0. The maximum absolute atomic E-state index is 3.59. The smallest absolute Gasteiger partial charge is 0.0421 e. The molecule has 0 aromatic carbocycles. The molecule has 2 nitrogen and oxygen atoms in total. The molecule has 16 heavy (non-hydrogen) atoms. The zero-order chi connectivity index (χ0) is 11.0. The summed E-state index contributed by atoms with van der Waals surface area (Å²) in [4.78, 5) is 6.09. The number of aromatic nitrogens is 1. The molecule has 0 saturated carbocycles. The normalized spacial score (nSPS) is 19.3. The van der Waals surface area contributed by atoms with Crippen LogP contribution < -0.4 is 0 Å². The molecule has 0 atom stereocenters. The van der Waals surface area contributed by atoms with Gasteiger partial charge in [-0.1, -0.05) is 25.2 Å². The minimum absolute atomic E-state index is 1.08. The van der Waals surface area contributed by atoms with Gasteiger partial charge in [0.15, 0.2) is 0 Å². The molecule has 2 aliphatic rings. The highest BCUT2D eigenvalue weighted by molar-refractivity contribution is 5.58. The zero-order valence-corrected chi connectivity index (χ0v) is 9.79. The molecule has 0 bridgehead atoms. The molecule has 0 unspecified atom stereocenters. The molecular formula is C14H18N2. The van der Waals surface area contributed by atoms with E-state index in [0.29, 0.717) is 0 Å². The minimum atomic E-state index is 1.08. The molecule has 1 aromatic heterocycles. The third kappa shape index (κ3) is 1.54. The van der Waals surface area contributed by atoms with Gasteiger partial charge < -0.3 is 4.98 Å². The summed E-state index contributed by atoms with van der Waals surface area (Å²) in [6.45, 7) is 5.69. The molecular weight excluding hydrogens is 196 g/mol. The quantitative estimate of drug-likeness (QED) is 0.761. The molecule has 1 N–H and O–H groups in total. The number of hydrogen-bond acceptors (Lipinski definition) is 1. The van der Waals surface area contributed by atoms with Crippen LogP contribution in [0.25, 0.3) is 6.08 Å². The molecule has 3 rings (SSSR count). The Bertz CT molecular complexity index is 452. The fourth-order valence-corrected chi connectivity index (χ4v) is 2.73. The first-order chi connectivity index (χ1) is 7.88. The van der Waals surface area contributed by atoms with Crippen molar-refractivity contribution in [3.8, 4) is 0 Å². The van der Waals surface area contributed by atoms with Crippen LogP contribution in [0.3, 0.4) is 0 Å². The molecule has 2 heterocycles. The van der Waals surface area contributed by atoms with E-state index in [4.69, 9.17) is 0 Å². The Morgan fingerprint density at radius 3 is 3.12 bits per heavy atom. The van der Waals surface area contributed by atoms with Gasteiger partial charge in [0, 0.05) is 24.5 Å². The van der Waals surface area contributed by atoms with Crippen molar-refractivity contribution in [1.29, 1.82) is 0 Å². The van der Waals surface area contributed by atoms with Gasteiger partial charge in [-0.2, -0.15) is 0 Å². The van der Waals surface area contributed by atoms with Gasteiger partial charge in [0.25, 0.3) is 0 Å². The Balaban J connectivity index is 2.00. The Kier molecular flexibility index (Phi) is 2.44. The summed E-state index contributed by atoms with van der Waals surface area (Å²) in [7, 11) is 0. The van der Waals surface area contributed by atoms with Crippen LogP contribution in [0.1, 0.15) is 29.4 Å². The first-order valence-corrected chi connectivity index (χ1v) is 6.16. The number of allylic oxidation sites excluding steroid dienone is 3. The van der Waals surface area contributed by atoms with E-state index in [0.717, 1.165) is 19.5 Å². The van der Waals surface area contributed by atoms with Crippen LogP contribution in [0.5, 0.6) is 0 Å². The first-order valence-electron chi connectivity index (χ1n) is 6.16. The molecule has 1 aromatic rings. The third-order valence-electron chi connectivity index (χ3n) is 3.68. The number of hydrogen-bond donors (Lipinski definition) is 1. The number of nitrogens with one attached hydrogen (secondary N) is 1. The van der Waals surface area contributed by atoms with Crippen molar-refractivity contribution in [3.63, 3.8) is 0 Å². The Labute approximate surface area is 96.7 Å². The molecule has 0 radical (unpaired) electrons. The van der Waals surface area contributed by atoms with Gasteiger partial charge in [-0.05, 0) is 36.6 Å². The lowest BCUT2D eigenvalue weighted by Crippen LogP contribution is -2.30. The van der Waals surface area contributed by atoms with Crippen LogP contribution in [-0.2, 0) is 19.4 Å². The number of aromatic amines is 1. The van der Waals surface area contributed by atoms with E-state index in [1.807, 2.05) is 0 Å². The summed E-state index contributed by atoms with van der Waals surface area (Å²) >= 11 is 0. The van der Waals surface area contributed by atoms with Crippen molar-refractivity contribution in [2.24, 2.45) is 0 Å². The SMILES string of the molecule is CCN1CCc2c([nH]c3c2CC=CC=C3)C1. The first kappa shape index (κ1) is 9.91. The zero-order valence-electron chi connectivity index (χ0n) is 9.79. The number of rotatable bonds is 1. The topological polar surface area (TPSA) is 19.0 Å². The van der Waals surface area contributed by atoms with Gasteiger partial charge in [-0.3, -0.25) is 4.90 Å². The largest absolute Gasteiger partial charge is 0.357 e. The highest BCUT2D eigenvalue weighted by atomic mass is 15.1. The molecule has 0 spiro atoms. The van der Waals surface area contributed by atoms with E-state index in [9.17, 15) is 0 Å². The van der Waals surface area contributed by atoms with Crippen molar-refractivity contribution in [2.75, 3.05) is 13.1 Å². The van der Waals surface area contributed by atoms with Gasteiger partial charge in [0.1, 0.15) is 0 Å². The Hall–Kier alpha value is -1.28. The van der Waals surface area contributed by atoms with Crippen LogP contribution in [0.2, 0.25) is 0 Å². The highest BCUT2D eigenvalue weighted by Gasteiger charge is 2.21. The molecule has 84 valence electrons. The van der Waals surface area contributed by atoms with E-state index >= 15 is 0 Å². The van der Waals surface area contributed by atoms with E-state index in [-0.39, 0.29) is 0 Å². The molecule has 2 heteroatoms. The highest BCUT2D eigenvalue weighted by Crippen LogP contribution is 2.27. The van der Waals surface area contributed by atoms with Gasteiger partial charge >= 0.3 is 0 Å². The number of likely N-dealkylation sites (N-methyl/N-ethyl adjacent to an activating group) is 1. The maximum Gasteiger partial charge on any atom is 0.0421 e. The maximum atomic E-state index is 3.59. The van der Waals surface area contributed by atoms with Gasteiger partial charge in [0.05, 0.1) is 0 Å². The van der Waals surface area contributed by atoms with Gasteiger partial charge in [0.2, 0.25) is 0 Å². The summed E-state index contributed by atoms with van der Waals surface area (Å²) in [5.74, 6) is 0. The average molecular weight is 214 g/mol. The molecule has 1 aliphatic heterocycles. The summed E-state index contributed by atoms with van der Waals surface area (Å²) in [5, 5.41) is 0. The molecule has 0 fully saturated rings. The Morgan fingerprint density at radius 1 is 1.31 bits per heavy atom.